The monoisotopic (exact) mass is 197 g/mol. The summed E-state index contributed by atoms with van der Waals surface area (Å²) in [4.78, 5) is 3.93. The summed E-state index contributed by atoms with van der Waals surface area (Å²) >= 11 is 9.81. The van der Waals surface area contributed by atoms with Crippen molar-refractivity contribution in [3.05, 3.63) is 28.5 Å². The smallest absolute Gasteiger partial charge is 0.144 e. The van der Waals surface area contributed by atoms with Crippen LogP contribution in [0.1, 0.15) is 11.1 Å². The van der Waals surface area contributed by atoms with E-state index < -0.39 is 0 Å². The summed E-state index contributed by atoms with van der Waals surface area (Å²) in [5, 5.41) is 0.462. The maximum atomic E-state index is 5.83. The second kappa shape index (κ2) is 4.39. The largest absolute Gasteiger partial charge is 0.243 e. The van der Waals surface area contributed by atoms with Crippen molar-refractivity contribution in [2.45, 2.75) is 6.92 Å². The molecule has 0 N–H and O–H groups in total. The Morgan fingerprint density at radius 3 is 3.00 bits per heavy atom. The van der Waals surface area contributed by atoms with Gasteiger partial charge in [0, 0.05) is 6.20 Å². The van der Waals surface area contributed by atoms with Crippen LogP contribution in [-0.2, 0) is 0 Å². The van der Waals surface area contributed by atoms with Crippen molar-refractivity contribution in [3.8, 4) is 11.8 Å². The Kier molecular flexibility index (Phi) is 3.46. The first-order chi connectivity index (χ1) is 5.75. The van der Waals surface area contributed by atoms with Gasteiger partial charge in [0.25, 0.3) is 0 Å². The Morgan fingerprint density at radius 1 is 1.67 bits per heavy atom. The van der Waals surface area contributed by atoms with Crippen LogP contribution in [0.3, 0.4) is 0 Å². The van der Waals surface area contributed by atoms with Gasteiger partial charge >= 0.3 is 0 Å². The van der Waals surface area contributed by atoms with Gasteiger partial charge in [0.2, 0.25) is 0 Å². The van der Waals surface area contributed by atoms with Gasteiger partial charge in [0.05, 0.1) is 11.3 Å². The van der Waals surface area contributed by atoms with Gasteiger partial charge in [-0.25, -0.2) is 4.98 Å². The highest BCUT2D eigenvalue weighted by Gasteiger charge is 1.99. The number of aryl methyl sites for hydroxylation is 1. The number of rotatable bonds is 0. The summed E-state index contributed by atoms with van der Waals surface area (Å²) in [7, 11) is 0. The molecule has 0 amide bonds. The number of hydrogen-bond acceptors (Lipinski definition) is 2. The molecule has 0 saturated heterocycles. The number of hydrogen-bond donors (Lipinski definition) is 1. The van der Waals surface area contributed by atoms with Crippen molar-refractivity contribution < 1.29 is 0 Å². The van der Waals surface area contributed by atoms with Crippen molar-refractivity contribution in [3.63, 3.8) is 0 Å². The molecule has 0 atom stereocenters. The van der Waals surface area contributed by atoms with E-state index in [1.165, 1.54) is 0 Å². The molecule has 0 aliphatic heterocycles. The van der Waals surface area contributed by atoms with Crippen LogP contribution in [0.25, 0.3) is 0 Å². The highest BCUT2D eigenvalue weighted by atomic mass is 35.5. The van der Waals surface area contributed by atoms with Crippen molar-refractivity contribution in [1.29, 1.82) is 0 Å². The molecule has 0 aliphatic rings. The van der Waals surface area contributed by atoms with Crippen molar-refractivity contribution in [1.82, 2.24) is 4.98 Å². The van der Waals surface area contributed by atoms with Gasteiger partial charge in [-0.1, -0.05) is 23.4 Å². The lowest BCUT2D eigenvalue weighted by atomic mass is 10.2. The Bertz CT molecular complexity index is 318. The minimum Gasteiger partial charge on any atom is -0.243 e. The lowest BCUT2D eigenvalue weighted by Crippen LogP contribution is -1.86. The zero-order valence-electron chi connectivity index (χ0n) is 6.63. The quantitative estimate of drug-likeness (QED) is 0.383. The molecular formula is C9H8ClNS. The van der Waals surface area contributed by atoms with Crippen LogP contribution in [0.4, 0.5) is 0 Å². The number of pyridine rings is 1. The highest BCUT2D eigenvalue weighted by molar-refractivity contribution is 7.80. The van der Waals surface area contributed by atoms with Crippen LogP contribution in [0.15, 0.2) is 12.3 Å². The van der Waals surface area contributed by atoms with Crippen LogP contribution in [0.5, 0.6) is 0 Å². The zero-order chi connectivity index (χ0) is 8.97. The van der Waals surface area contributed by atoms with Gasteiger partial charge in [-0.2, -0.15) is 12.6 Å². The van der Waals surface area contributed by atoms with E-state index in [1.54, 1.807) is 6.20 Å². The second-order valence-corrected chi connectivity index (χ2v) is 2.93. The summed E-state index contributed by atoms with van der Waals surface area (Å²) in [6, 6.07) is 1.88. The first kappa shape index (κ1) is 9.44. The van der Waals surface area contributed by atoms with Gasteiger partial charge in [-0.3, -0.25) is 0 Å². The molecule has 1 aromatic rings. The SMILES string of the molecule is Cc1ccnc(Cl)c1C#CCS. The minimum atomic E-state index is 0.462. The Labute approximate surface area is 82.6 Å². The average Bonchev–Trinajstić information content (AvgIpc) is 2.04. The second-order valence-electron chi connectivity index (χ2n) is 2.25. The van der Waals surface area contributed by atoms with Gasteiger partial charge in [0.15, 0.2) is 0 Å². The molecule has 1 heterocycles. The third-order valence-electron chi connectivity index (χ3n) is 1.41. The standard InChI is InChI=1S/C9H8ClNS/c1-7-4-5-11-9(10)8(7)3-2-6-12/h4-5,12H,6H2,1H3. The summed E-state index contributed by atoms with van der Waals surface area (Å²) < 4.78 is 0. The van der Waals surface area contributed by atoms with E-state index in [1.807, 2.05) is 13.0 Å². The predicted octanol–water partition coefficient (Wildman–Crippen LogP) is 2.32. The van der Waals surface area contributed by atoms with Crippen LogP contribution >= 0.6 is 24.2 Å². The van der Waals surface area contributed by atoms with E-state index >= 15 is 0 Å². The first-order valence-corrected chi connectivity index (χ1v) is 4.47. The van der Waals surface area contributed by atoms with Crippen LogP contribution < -0.4 is 0 Å². The van der Waals surface area contributed by atoms with E-state index in [0.717, 1.165) is 11.1 Å². The van der Waals surface area contributed by atoms with Gasteiger partial charge in [-0.15, -0.1) is 0 Å². The summed E-state index contributed by atoms with van der Waals surface area (Å²) in [6.07, 6.45) is 1.67. The molecule has 0 spiro atoms. The number of aromatic nitrogens is 1. The van der Waals surface area contributed by atoms with E-state index in [9.17, 15) is 0 Å². The van der Waals surface area contributed by atoms with E-state index in [2.05, 4.69) is 29.5 Å². The van der Waals surface area contributed by atoms with Crippen molar-refractivity contribution in [2.24, 2.45) is 0 Å². The van der Waals surface area contributed by atoms with Crippen LogP contribution in [0.2, 0.25) is 5.15 Å². The van der Waals surface area contributed by atoms with E-state index in [4.69, 9.17) is 11.6 Å². The van der Waals surface area contributed by atoms with Gasteiger partial charge < -0.3 is 0 Å². The molecule has 0 unspecified atom stereocenters. The Balaban J connectivity index is 3.13. The molecule has 1 nitrogen and oxygen atoms in total. The fourth-order valence-electron chi connectivity index (χ4n) is 0.803. The summed E-state index contributed by atoms with van der Waals surface area (Å²) in [6.45, 7) is 1.95. The molecule has 1 aromatic heterocycles. The first-order valence-electron chi connectivity index (χ1n) is 3.46. The lowest BCUT2D eigenvalue weighted by Gasteiger charge is -1.97. The summed E-state index contributed by atoms with van der Waals surface area (Å²) in [5.74, 6) is 6.28. The summed E-state index contributed by atoms with van der Waals surface area (Å²) in [5.41, 5.74) is 1.84. The molecule has 0 radical (unpaired) electrons. The van der Waals surface area contributed by atoms with E-state index in [0.29, 0.717) is 10.9 Å². The number of halogens is 1. The normalized spacial score (nSPS) is 8.92. The van der Waals surface area contributed by atoms with Crippen molar-refractivity contribution >= 4 is 24.2 Å². The topological polar surface area (TPSA) is 12.9 Å². The molecule has 0 aliphatic carbocycles. The molecule has 0 bridgehead atoms. The minimum absolute atomic E-state index is 0.462. The fraction of sp³-hybridized carbons (Fsp3) is 0.222. The Hall–Kier alpha value is -0.650. The molecule has 62 valence electrons. The van der Waals surface area contributed by atoms with Gasteiger partial charge in [-0.05, 0) is 18.6 Å². The third-order valence-corrected chi connectivity index (χ3v) is 1.85. The molecule has 1 rings (SSSR count). The number of nitrogens with zero attached hydrogens (tertiary/aromatic N) is 1. The number of thiol groups is 1. The molecule has 12 heavy (non-hydrogen) atoms. The molecule has 0 saturated carbocycles. The van der Waals surface area contributed by atoms with Crippen LogP contribution in [0, 0.1) is 18.8 Å². The van der Waals surface area contributed by atoms with Crippen LogP contribution in [-0.4, -0.2) is 10.7 Å². The lowest BCUT2D eigenvalue weighted by molar-refractivity contribution is 1.27. The maximum Gasteiger partial charge on any atom is 0.144 e. The predicted molar refractivity (Wildman–Crippen MR) is 54.7 cm³/mol. The average molecular weight is 198 g/mol. The van der Waals surface area contributed by atoms with Gasteiger partial charge in [0.1, 0.15) is 5.15 Å². The zero-order valence-corrected chi connectivity index (χ0v) is 8.28. The highest BCUT2D eigenvalue weighted by Crippen LogP contribution is 2.14. The molecule has 3 heteroatoms. The maximum absolute atomic E-state index is 5.83. The molecular weight excluding hydrogens is 190 g/mol. The Morgan fingerprint density at radius 2 is 2.42 bits per heavy atom. The van der Waals surface area contributed by atoms with E-state index in [-0.39, 0.29) is 0 Å². The third kappa shape index (κ3) is 2.17. The fourth-order valence-corrected chi connectivity index (χ4v) is 1.13. The molecule has 0 aromatic carbocycles. The van der Waals surface area contributed by atoms with Crippen molar-refractivity contribution in [2.75, 3.05) is 5.75 Å². The molecule has 0 fully saturated rings.